The minimum absolute atomic E-state index is 0.0639. The molecule has 1 aliphatic rings. The summed E-state index contributed by atoms with van der Waals surface area (Å²) in [5.74, 6) is 1.33. The van der Waals surface area contributed by atoms with E-state index in [0.717, 1.165) is 6.42 Å². The van der Waals surface area contributed by atoms with E-state index in [2.05, 4.69) is 27.7 Å². The van der Waals surface area contributed by atoms with Crippen LogP contribution in [0, 0.1) is 17.3 Å². The first-order chi connectivity index (χ1) is 7.70. The molecule has 1 aliphatic carbocycles. The van der Waals surface area contributed by atoms with E-state index >= 15 is 0 Å². The van der Waals surface area contributed by atoms with Crippen molar-refractivity contribution in [3.63, 3.8) is 0 Å². The van der Waals surface area contributed by atoms with Crippen LogP contribution in [0.15, 0.2) is 0 Å². The van der Waals surface area contributed by atoms with Gasteiger partial charge in [0, 0.05) is 6.42 Å². The smallest absolute Gasteiger partial charge is 0.130 e. The van der Waals surface area contributed by atoms with Crippen molar-refractivity contribution in [3.8, 4) is 0 Å². The minimum atomic E-state index is -0.212. The van der Waals surface area contributed by atoms with E-state index in [1.54, 1.807) is 6.92 Å². The number of carbonyl (C=O) groups excluding carboxylic acids is 1. The fourth-order valence-electron chi connectivity index (χ4n) is 2.89. The SMILES string of the molecule is CC(=O)C[C@H]1[C@H](CC(C)(C)OCCO)C1(C)C. The van der Waals surface area contributed by atoms with Crippen molar-refractivity contribution in [2.45, 2.75) is 53.1 Å². The number of hydrogen-bond donors (Lipinski definition) is 1. The first-order valence-electron chi connectivity index (χ1n) is 6.45. The molecule has 100 valence electrons. The van der Waals surface area contributed by atoms with Gasteiger partial charge in [0.2, 0.25) is 0 Å². The van der Waals surface area contributed by atoms with Gasteiger partial charge in [0.05, 0.1) is 18.8 Å². The van der Waals surface area contributed by atoms with Crippen LogP contribution >= 0.6 is 0 Å². The van der Waals surface area contributed by atoms with Gasteiger partial charge in [-0.2, -0.15) is 0 Å². The molecular formula is C14H26O3. The van der Waals surface area contributed by atoms with Crippen molar-refractivity contribution < 1.29 is 14.6 Å². The van der Waals surface area contributed by atoms with Crippen molar-refractivity contribution in [3.05, 3.63) is 0 Å². The molecule has 0 bridgehead atoms. The molecule has 0 saturated heterocycles. The lowest BCUT2D eigenvalue weighted by molar-refractivity contribution is -0.117. The molecule has 1 fully saturated rings. The Hall–Kier alpha value is -0.410. The van der Waals surface area contributed by atoms with E-state index in [9.17, 15) is 4.79 Å². The predicted molar refractivity (Wildman–Crippen MR) is 67.8 cm³/mol. The van der Waals surface area contributed by atoms with Crippen molar-refractivity contribution in [2.24, 2.45) is 17.3 Å². The van der Waals surface area contributed by atoms with Gasteiger partial charge in [-0.25, -0.2) is 0 Å². The topological polar surface area (TPSA) is 46.5 Å². The lowest BCUT2D eigenvalue weighted by Gasteiger charge is -2.25. The summed E-state index contributed by atoms with van der Waals surface area (Å²) in [6.07, 6.45) is 1.64. The molecule has 0 aromatic rings. The third-order valence-corrected chi connectivity index (χ3v) is 4.09. The van der Waals surface area contributed by atoms with E-state index in [0.29, 0.717) is 24.9 Å². The van der Waals surface area contributed by atoms with Gasteiger partial charge >= 0.3 is 0 Å². The molecule has 0 radical (unpaired) electrons. The lowest BCUT2D eigenvalue weighted by atomic mass is 9.97. The Morgan fingerprint density at radius 3 is 2.41 bits per heavy atom. The Kier molecular flexibility index (Phi) is 4.37. The Labute approximate surface area is 105 Å². The monoisotopic (exact) mass is 242 g/mol. The molecule has 3 nitrogen and oxygen atoms in total. The molecule has 1 saturated carbocycles. The van der Waals surface area contributed by atoms with Crippen LogP contribution in [0.1, 0.15) is 47.5 Å². The summed E-state index contributed by atoms with van der Waals surface area (Å²) >= 11 is 0. The summed E-state index contributed by atoms with van der Waals surface area (Å²) < 4.78 is 5.64. The van der Waals surface area contributed by atoms with E-state index < -0.39 is 0 Å². The summed E-state index contributed by atoms with van der Waals surface area (Å²) in [6, 6.07) is 0. The van der Waals surface area contributed by atoms with E-state index in [1.165, 1.54) is 0 Å². The van der Waals surface area contributed by atoms with Crippen LogP contribution in [0.2, 0.25) is 0 Å². The molecule has 1 N–H and O–H groups in total. The molecule has 0 spiro atoms. The third kappa shape index (κ3) is 3.78. The highest BCUT2D eigenvalue weighted by atomic mass is 16.5. The van der Waals surface area contributed by atoms with Crippen LogP contribution in [0.4, 0.5) is 0 Å². The van der Waals surface area contributed by atoms with Gasteiger partial charge < -0.3 is 14.6 Å². The quantitative estimate of drug-likeness (QED) is 0.745. The highest BCUT2D eigenvalue weighted by Crippen LogP contribution is 2.63. The molecule has 17 heavy (non-hydrogen) atoms. The zero-order chi connectivity index (χ0) is 13.3. The zero-order valence-electron chi connectivity index (χ0n) is 11.7. The van der Waals surface area contributed by atoms with E-state index in [-0.39, 0.29) is 23.4 Å². The van der Waals surface area contributed by atoms with Crippen molar-refractivity contribution in [1.82, 2.24) is 0 Å². The first kappa shape index (κ1) is 14.7. The van der Waals surface area contributed by atoms with Gasteiger partial charge in [-0.05, 0) is 44.4 Å². The molecular weight excluding hydrogens is 216 g/mol. The summed E-state index contributed by atoms with van der Waals surface area (Å²) in [5.41, 5.74) is 0.0434. The van der Waals surface area contributed by atoms with Crippen molar-refractivity contribution in [2.75, 3.05) is 13.2 Å². The maximum atomic E-state index is 11.2. The van der Waals surface area contributed by atoms with Crippen LogP contribution in [-0.2, 0) is 9.53 Å². The second kappa shape index (κ2) is 5.07. The number of rotatable bonds is 7. The average Bonchev–Trinajstić information content (AvgIpc) is 2.65. The van der Waals surface area contributed by atoms with E-state index in [1.807, 2.05) is 0 Å². The Morgan fingerprint density at radius 2 is 1.94 bits per heavy atom. The normalized spacial score (nSPS) is 26.9. The maximum absolute atomic E-state index is 11.2. The maximum Gasteiger partial charge on any atom is 0.130 e. The first-order valence-corrected chi connectivity index (χ1v) is 6.45. The standard InChI is InChI=1S/C14H26O3/c1-10(16)8-11-12(14(11,4)5)9-13(2,3)17-7-6-15/h11-12,15H,6-9H2,1-5H3/t11-,12-/m0/s1. The molecule has 2 atom stereocenters. The minimum Gasteiger partial charge on any atom is -0.394 e. The van der Waals surface area contributed by atoms with Crippen LogP contribution in [0.5, 0.6) is 0 Å². The second-order valence-corrected chi connectivity index (χ2v) is 6.48. The number of aliphatic hydroxyl groups is 1. The summed E-state index contributed by atoms with van der Waals surface area (Å²) in [5, 5.41) is 8.78. The fourth-order valence-corrected chi connectivity index (χ4v) is 2.89. The number of Topliss-reactive ketones (excluding diaryl/α,β-unsaturated/α-hetero) is 1. The summed E-state index contributed by atoms with van der Waals surface area (Å²) in [7, 11) is 0. The van der Waals surface area contributed by atoms with Crippen LogP contribution in [-0.4, -0.2) is 29.7 Å². The number of ketones is 1. The largest absolute Gasteiger partial charge is 0.394 e. The van der Waals surface area contributed by atoms with Crippen LogP contribution < -0.4 is 0 Å². The van der Waals surface area contributed by atoms with Gasteiger partial charge in [0.1, 0.15) is 5.78 Å². The van der Waals surface area contributed by atoms with Gasteiger partial charge in [-0.1, -0.05) is 13.8 Å². The lowest BCUT2D eigenvalue weighted by Crippen LogP contribution is -2.27. The molecule has 0 amide bonds. The molecule has 0 unspecified atom stereocenters. The van der Waals surface area contributed by atoms with Crippen molar-refractivity contribution in [1.29, 1.82) is 0 Å². The molecule has 1 rings (SSSR count). The van der Waals surface area contributed by atoms with Crippen molar-refractivity contribution >= 4 is 5.78 Å². The molecule has 0 heterocycles. The van der Waals surface area contributed by atoms with Crippen LogP contribution in [0.25, 0.3) is 0 Å². The number of aliphatic hydroxyl groups excluding tert-OH is 1. The average molecular weight is 242 g/mol. The molecule has 0 aliphatic heterocycles. The Morgan fingerprint density at radius 1 is 1.35 bits per heavy atom. The zero-order valence-corrected chi connectivity index (χ0v) is 11.7. The van der Waals surface area contributed by atoms with Gasteiger partial charge in [-0.3, -0.25) is 0 Å². The summed E-state index contributed by atoms with van der Waals surface area (Å²) in [4.78, 5) is 11.2. The van der Waals surface area contributed by atoms with Gasteiger partial charge in [-0.15, -0.1) is 0 Å². The van der Waals surface area contributed by atoms with E-state index in [4.69, 9.17) is 9.84 Å². The highest BCUT2D eigenvalue weighted by Gasteiger charge is 2.58. The Bertz CT molecular complexity index is 281. The molecule has 0 aromatic carbocycles. The molecule has 3 heteroatoms. The Balaban J connectivity index is 2.49. The number of carbonyl (C=O) groups is 1. The van der Waals surface area contributed by atoms with Gasteiger partial charge in [0.25, 0.3) is 0 Å². The number of ether oxygens (including phenoxy) is 1. The van der Waals surface area contributed by atoms with Gasteiger partial charge in [0.15, 0.2) is 0 Å². The van der Waals surface area contributed by atoms with Crippen LogP contribution in [0.3, 0.4) is 0 Å². The highest BCUT2D eigenvalue weighted by molar-refractivity contribution is 5.76. The molecule has 0 aromatic heterocycles. The summed E-state index contributed by atoms with van der Waals surface area (Å²) in [6.45, 7) is 10.7. The fraction of sp³-hybridized carbons (Fsp3) is 0.929. The second-order valence-electron chi connectivity index (χ2n) is 6.48. The predicted octanol–water partition coefficient (Wildman–Crippen LogP) is 2.42. The third-order valence-electron chi connectivity index (χ3n) is 4.09. The number of hydrogen-bond acceptors (Lipinski definition) is 3.